The molecule has 1 aromatic heterocycles. The Morgan fingerprint density at radius 2 is 1.71 bits per heavy atom. The van der Waals surface area contributed by atoms with Crippen LogP contribution < -0.4 is 21.1 Å². The number of primary amides is 1. The number of nitrogens with two attached hydrogens (primary N) is 1. The van der Waals surface area contributed by atoms with Gasteiger partial charge in [0.2, 0.25) is 24.1 Å². The number of carbonyl (C=O) groups excluding carboxylic acids is 4. The lowest BCUT2D eigenvalue weighted by atomic mass is 9.90. The number of nitrogens with zero attached hydrogens (tertiary/aromatic N) is 1. The molecule has 0 spiro atoms. The van der Waals surface area contributed by atoms with Gasteiger partial charge in [-0.15, -0.1) is 0 Å². The molecule has 1 unspecified atom stereocenters. The number of amides is 4. The standard InChI is InChI=1S/C26H27N3O2.C16H29NO2S.C2H6.CH3NO.CH4O/c30-25-12-8-3-1-2-5-9-19-13-14-23-22(15-19)21(17-27-26(31)18-28-25)16-24(29-23)20-10-6-4-7-11-20;1-3-4-5-6-7-8-13(2)15(11-12-18)16(19)17-20-14-9-10-14;1-2;2-1-3;1-2/h4-7,9-11,13-16H,1-3,8,12,17-18H2,(H,27,31)(H,28,30);7-8,13-15,18H,3-6,9-12H2,1-2H3,(H,17,19);1-2H3;1H,(H2,2,3);2H,1H3/b9-5+;8-7-;;;/t;13-,15?;;;/m.0.../s1. The van der Waals surface area contributed by atoms with Crippen molar-refractivity contribution in [3.8, 4) is 11.3 Å². The van der Waals surface area contributed by atoms with Crippen LogP contribution in [0.15, 0.2) is 72.8 Å². The second kappa shape index (κ2) is 32.4. The molecule has 0 radical (unpaired) electrons. The molecule has 2 bridgehead atoms. The van der Waals surface area contributed by atoms with Gasteiger partial charge in [-0.3, -0.25) is 23.9 Å². The number of aliphatic hydroxyl groups is 2. The first-order valence-corrected chi connectivity index (χ1v) is 21.7. The predicted molar refractivity (Wildman–Crippen MR) is 240 cm³/mol. The molecule has 1 aliphatic carbocycles. The number of hydrogen-bond donors (Lipinski definition) is 6. The van der Waals surface area contributed by atoms with Crippen LogP contribution in [0.2, 0.25) is 0 Å². The van der Waals surface area contributed by atoms with Crippen LogP contribution in [0.1, 0.15) is 116 Å². The van der Waals surface area contributed by atoms with E-state index in [1.165, 1.54) is 32.1 Å². The Morgan fingerprint density at radius 1 is 1.00 bits per heavy atom. The molecule has 4 amide bonds. The van der Waals surface area contributed by atoms with E-state index in [0.717, 1.165) is 72.5 Å². The molecule has 0 saturated heterocycles. The lowest BCUT2D eigenvalue weighted by molar-refractivity contribution is -0.126. The zero-order valence-corrected chi connectivity index (χ0v) is 36.2. The summed E-state index contributed by atoms with van der Waals surface area (Å²) in [6.45, 7) is 8.71. The van der Waals surface area contributed by atoms with Crippen molar-refractivity contribution >= 4 is 53.1 Å². The van der Waals surface area contributed by atoms with Crippen LogP contribution in [0.5, 0.6) is 0 Å². The Kier molecular flexibility index (Phi) is 28.8. The number of hydrogen-bond acceptors (Lipinski definition) is 8. The van der Waals surface area contributed by atoms with E-state index < -0.39 is 0 Å². The number of rotatable bonds is 12. The lowest BCUT2D eigenvalue weighted by Gasteiger charge is -2.19. The summed E-state index contributed by atoms with van der Waals surface area (Å²) in [6, 6.07) is 18.3. The first-order chi connectivity index (χ1) is 28.3. The van der Waals surface area contributed by atoms with Gasteiger partial charge in [0.1, 0.15) is 0 Å². The zero-order valence-electron chi connectivity index (χ0n) is 35.4. The van der Waals surface area contributed by atoms with Crippen LogP contribution in [-0.4, -0.2) is 64.8 Å². The van der Waals surface area contributed by atoms with Crippen molar-refractivity contribution in [1.29, 1.82) is 0 Å². The van der Waals surface area contributed by atoms with Crippen LogP contribution >= 0.6 is 11.9 Å². The Balaban J connectivity index is 0.000000539. The van der Waals surface area contributed by atoms with Crippen molar-refractivity contribution in [2.75, 3.05) is 20.3 Å². The zero-order chi connectivity index (χ0) is 43.0. The summed E-state index contributed by atoms with van der Waals surface area (Å²) in [6.07, 6.45) is 21.0. The van der Waals surface area contributed by atoms with Crippen LogP contribution in [-0.2, 0) is 25.7 Å². The van der Waals surface area contributed by atoms with Gasteiger partial charge in [-0.25, -0.2) is 4.98 Å². The third-order valence-electron chi connectivity index (χ3n) is 9.17. The van der Waals surface area contributed by atoms with Crippen molar-refractivity contribution in [2.24, 2.45) is 17.6 Å². The molecule has 320 valence electrons. The number of aliphatic hydroxyl groups excluding tert-OH is 2. The molecule has 1 fully saturated rings. The van der Waals surface area contributed by atoms with Gasteiger partial charge < -0.3 is 26.6 Å². The van der Waals surface area contributed by atoms with Crippen molar-refractivity contribution in [1.82, 2.24) is 20.3 Å². The van der Waals surface area contributed by atoms with Gasteiger partial charge in [-0.1, -0.05) is 108 Å². The van der Waals surface area contributed by atoms with E-state index in [4.69, 9.17) is 20.0 Å². The third kappa shape index (κ3) is 21.3. The van der Waals surface area contributed by atoms with E-state index in [9.17, 15) is 14.4 Å². The molecule has 5 rings (SSSR count). The van der Waals surface area contributed by atoms with Crippen molar-refractivity contribution in [3.63, 3.8) is 0 Å². The molecular formula is C46H69N5O6S. The fourth-order valence-corrected chi connectivity index (χ4v) is 6.73. The monoisotopic (exact) mass is 819 g/mol. The van der Waals surface area contributed by atoms with E-state index in [0.29, 0.717) is 24.6 Å². The highest BCUT2D eigenvalue weighted by molar-refractivity contribution is 7.98. The van der Waals surface area contributed by atoms with Gasteiger partial charge in [0.15, 0.2) is 0 Å². The van der Waals surface area contributed by atoms with Gasteiger partial charge >= 0.3 is 0 Å². The number of carbonyl (C=O) groups is 4. The van der Waals surface area contributed by atoms with Crippen LogP contribution in [0.25, 0.3) is 28.2 Å². The smallest absolute Gasteiger partial charge is 0.239 e. The maximum Gasteiger partial charge on any atom is 0.239 e. The molecule has 3 aromatic rings. The van der Waals surface area contributed by atoms with Crippen molar-refractivity contribution in [3.05, 3.63) is 84.0 Å². The summed E-state index contributed by atoms with van der Waals surface area (Å²) in [5, 5.41) is 23.5. The minimum absolute atomic E-state index is 0.000196. The van der Waals surface area contributed by atoms with E-state index >= 15 is 0 Å². The molecule has 7 N–H and O–H groups in total. The fourth-order valence-electron chi connectivity index (χ4n) is 5.92. The Hall–Kier alpha value is -4.52. The van der Waals surface area contributed by atoms with Crippen LogP contribution in [0, 0.1) is 11.8 Å². The summed E-state index contributed by atoms with van der Waals surface area (Å²) < 4.78 is 2.95. The summed E-state index contributed by atoms with van der Waals surface area (Å²) in [4.78, 5) is 49.9. The maximum atomic E-state index is 12.3. The Labute approximate surface area is 351 Å². The first kappa shape index (κ1) is 51.5. The van der Waals surface area contributed by atoms with E-state index in [2.05, 4.69) is 71.4 Å². The number of benzene rings is 2. The second-order valence-corrected chi connectivity index (χ2v) is 14.8. The van der Waals surface area contributed by atoms with Crippen molar-refractivity contribution in [2.45, 2.75) is 117 Å². The number of fused-ring (bicyclic) bond motifs is 1. The molecule has 2 aliphatic rings. The summed E-state index contributed by atoms with van der Waals surface area (Å²) in [5.41, 5.74) is 9.10. The Bertz CT molecular complexity index is 1670. The van der Waals surface area contributed by atoms with E-state index in [1.54, 1.807) is 11.9 Å². The molecule has 12 heteroatoms. The molecule has 58 heavy (non-hydrogen) atoms. The maximum absolute atomic E-state index is 12.3. The van der Waals surface area contributed by atoms with Crippen molar-refractivity contribution < 1.29 is 29.4 Å². The number of nitrogens with one attached hydrogen (secondary N) is 3. The summed E-state index contributed by atoms with van der Waals surface area (Å²) in [5.74, 6) is -0.127. The van der Waals surface area contributed by atoms with E-state index in [-0.39, 0.29) is 49.1 Å². The Morgan fingerprint density at radius 3 is 2.38 bits per heavy atom. The SMILES string of the molecule is CC.CCCCC/C=C\[C@H](C)C(CCO)C(=O)NSC1CC1.CO.NC=O.O=C1CCCCC/C=C/c2ccc3nc(-c4ccccc4)cc(c3c2)CNC(=O)CN1. The molecule has 11 nitrogen and oxygen atoms in total. The predicted octanol–water partition coefficient (Wildman–Crippen LogP) is 8.03. The van der Waals surface area contributed by atoms with Gasteiger partial charge in [0, 0.05) is 48.8 Å². The second-order valence-electron chi connectivity index (χ2n) is 13.7. The summed E-state index contributed by atoms with van der Waals surface area (Å²) in [7, 11) is 1.00. The average molecular weight is 820 g/mol. The largest absolute Gasteiger partial charge is 0.400 e. The minimum atomic E-state index is -0.194. The minimum Gasteiger partial charge on any atom is -0.400 e. The number of allylic oxidation sites excluding steroid dienone is 3. The summed E-state index contributed by atoms with van der Waals surface area (Å²) >= 11 is 1.55. The van der Waals surface area contributed by atoms with Crippen LogP contribution in [0.4, 0.5) is 0 Å². The average Bonchev–Trinajstić information content (AvgIpc) is 4.09. The third-order valence-corrected chi connectivity index (χ3v) is 10.3. The highest BCUT2D eigenvalue weighted by Gasteiger charge is 2.27. The molecular weight excluding hydrogens is 751 g/mol. The number of pyridine rings is 1. The molecule has 2 atom stereocenters. The normalized spacial score (nSPS) is 15.8. The highest BCUT2D eigenvalue weighted by Crippen LogP contribution is 2.32. The molecule has 2 aromatic carbocycles. The van der Waals surface area contributed by atoms with Gasteiger partial charge in [-0.05, 0) is 98.6 Å². The van der Waals surface area contributed by atoms with Gasteiger partial charge in [-0.2, -0.15) is 0 Å². The quantitative estimate of drug-likeness (QED) is 0.0459. The molecule has 2 heterocycles. The number of unbranched alkanes of at least 4 members (excludes halogenated alkanes) is 3. The number of aromatic nitrogens is 1. The first-order valence-electron chi connectivity index (χ1n) is 20.8. The topological polar surface area (TPSA) is 184 Å². The van der Waals surface area contributed by atoms with Gasteiger partial charge in [0.05, 0.1) is 17.8 Å². The van der Waals surface area contributed by atoms with Gasteiger partial charge in [0.25, 0.3) is 0 Å². The highest BCUT2D eigenvalue weighted by atomic mass is 32.2. The van der Waals surface area contributed by atoms with E-state index in [1.807, 2.05) is 56.3 Å². The van der Waals surface area contributed by atoms with Crippen LogP contribution in [0.3, 0.4) is 0 Å². The lowest BCUT2D eigenvalue weighted by Crippen LogP contribution is -2.36. The fraction of sp³-hybridized carbons (Fsp3) is 0.500. The molecule has 1 saturated carbocycles. The molecule has 1 aliphatic heterocycles.